The van der Waals surface area contributed by atoms with Crippen LogP contribution >= 0.6 is 0 Å². The second-order valence-corrected chi connectivity index (χ2v) is 5.67. The van der Waals surface area contributed by atoms with Crippen LogP contribution in [-0.4, -0.2) is 42.4 Å². The highest BCUT2D eigenvalue weighted by Gasteiger charge is 2.16. The summed E-state index contributed by atoms with van der Waals surface area (Å²) < 4.78 is 9.97. The predicted octanol–water partition coefficient (Wildman–Crippen LogP) is 2.27. The first-order valence-electron chi connectivity index (χ1n) is 8.14. The van der Waals surface area contributed by atoms with E-state index in [-0.39, 0.29) is 22.7 Å². The molecule has 28 heavy (non-hydrogen) atoms. The Balaban J connectivity index is 2.03. The van der Waals surface area contributed by atoms with E-state index >= 15 is 0 Å². The predicted molar refractivity (Wildman–Crippen MR) is 103 cm³/mol. The van der Waals surface area contributed by atoms with E-state index in [0.717, 1.165) is 18.3 Å². The number of nitro groups is 1. The summed E-state index contributed by atoms with van der Waals surface area (Å²) in [7, 11) is 2.83. The summed E-state index contributed by atoms with van der Waals surface area (Å²) in [5, 5.41) is 27.7. The minimum atomic E-state index is -0.626. The second kappa shape index (κ2) is 9.21. The molecule has 3 N–H and O–H groups in total. The Labute approximate surface area is 160 Å². The van der Waals surface area contributed by atoms with E-state index in [9.17, 15) is 20.0 Å². The van der Waals surface area contributed by atoms with Gasteiger partial charge < -0.3 is 19.9 Å². The summed E-state index contributed by atoms with van der Waals surface area (Å²) in [4.78, 5) is 22.5. The summed E-state index contributed by atoms with van der Waals surface area (Å²) >= 11 is 0. The number of carbonyl (C=O) groups is 1. The molecular formula is C18H20N4O6. The maximum absolute atomic E-state index is 12.1. The molecule has 10 nitrogen and oxygen atoms in total. The lowest BCUT2D eigenvalue weighted by Crippen LogP contribution is -2.34. The molecule has 0 saturated heterocycles. The van der Waals surface area contributed by atoms with Crippen LogP contribution in [0, 0.1) is 10.1 Å². The van der Waals surface area contributed by atoms with Crippen LogP contribution in [-0.2, 0) is 4.79 Å². The van der Waals surface area contributed by atoms with Gasteiger partial charge in [-0.05, 0) is 31.2 Å². The Morgan fingerprint density at radius 3 is 2.50 bits per heavy atom. The van der Waals surface area contributed by atoms with Gasteiger partial charge in [0.2, 0.25) is 0 Å². The lowest BCUT2D eigenvalue weighted by atomic mass is 10.2. The van der Waals surface area contributed by atoms with E-state index < -0.39 is 16.9 Å². The third-order valence-electron chi connectivity index (χ3n) is 3.76. The van der Waals surface area contributed by atoms with Gasteiger partial charge in [-0.3, -0.25) is 14.9 Å². The van der Waals surface area contributed by atoms with Gasteiger partial charge in [0.15, 0.2) is 11.5 Å². The minimum Gasteiger partial charge on any atom is -0.504 e. The lowest BCUT2D eigenvalue weighted by Gasteiger charge is -2.13. The zero-order valence-electron chi connectivity index (χ0n) is 15.5. The average Bonchev–Trinajstić information content (AvgIpc) is 2.69. The molecule has 0 bridgehead atoms. The largest absolute Gasteiger partial charge is 0.504 e. The first kappa shape index (κ1) is 20.5. The summed E-state index contributed by atoms with van der Waals surface area (Å²) in [5.74, 6) is -0.143. The van der Waals surface area contributed by atoms with Gasteiger partial charge in [-0.15, -0.1) is 0 Å². The fourth-order valence-corrected chi connectivity index (χ4v) is 2.24. The maximum atomic E-state index is 12.1. The van der Waals surface area contributed by atoms with Crippen LogP contribution in [0.2, 0.25) is 0 Å². The topological polar surface area (TPSA) is 135 Å². The number of benzene rings is 2. The molecule has 1 unspecified atom stereocenters. The number of amides is 1. The number of non-ortho nitro benzene ring substituents is 1. The Kier molecular flexibility index (Phi) is 6.74. The number of methoxy groups -OCH3 is 2. The molecule has 2 rings (SSSR count). The van der Waals surface area contributed by atoms with Crippen LogP contribution < -0.4 is 20.2 Å². The lowest BCUT2D eigenvalue weighted by molar-refractivity contribution is -0.385. The van der Waals surface area contributed by atoms with Gasteiger partial charge in [-0.1, -0.05) is 0 Å². The molecule has 0 aliphatic carbocycles. The van der Waals surface area contributed by atoms with Crippen LogP contribution in [0.5, 0.6) is 17.2 Å². The summed E-state index contributed by atoms with van der Waals surface area (Å²) in [5.41, 5.74) is 2.77. The van der Waals surface area contributed by atoms with Gasteiger partial charge in [-0.25, -0.2) is 5.43 Å². The van der Waals surface area contributed by atoms with E-state index in [1.807, 2.05) is 0 Å². The standard InChI is InChI=1S/C18H20N4O6/c1-11(20-13-4-6-15(27-2)7-5-13)18(24)21-19-10-12-8-14(22(25)26)9-16(28-3)17(12)23/h4-11,20,23H,1-3H3,(H,21,24). The molecule has 0 saturated carbocycles. The number of phenolic OH excluding ortho intramolecular Hbond substituents is 1. The van der Waals surface area contributed by atoms with Crippen LogP contribution in [0.3, 0.4) is 0 Å². The number of phenols is 1. The number of hydrogen-bond acceptors (Lipinski definition) is 8. The van der Waals surface area contributed by atoms with Crippen molar-refractivity contribution in [1.29, 1.82) is 0 Å². The summed E-state index contributed by atoms with van der Waals surface area (Å²) in [6.45, 7) is 1.64. The number of nitrogens with zero attached hydrogens (tertiary/aromatic N) is 2. The SMILES string of the molecule is COc1ccc(NC(C)C(=O)NN=Cc2cc([N+](=O)[O-])cc(OC)c2O)cc1. The molecule has 0 fully saturated rings. The number of anilines is 1. The number of nitro benzene ring substituents is 1. The van der Waals surface area contributed by atoms with Gasteiger partial charge >= 0.3 is 0 Å². The number of carbonyl (C=O) groups excluding carboxylic acids is 1. The van der Waals surface area contributed by atoms with E-state index in [1.54, 1.807) is 38.3 Å². The average molecular weight is 388 g/mol. The van der Waals surface area contributed by atoms with E-state index in [0.29, 0.717) is 11.4 Å². The van der Waals surface area contributed by atoms with Crippen LogP contribution in [0.1, 0.15) is 12.5 Å². The monoisotopic (exact) mass is 388 g/mol. The van der Waals surface area contributed by atoms with Gasteiger partial charge in [-0.2, -0.15) is 5.10 Å². The third kappa shape index (κ3) is 5.10. The van der Waals surface area contributed by atoms with Gasteiger partial charge in [0, 0.05) is 17.3 Å². The van der Waals surface area contributed by atoms with Crippen molar-refractivity contribution >= 4 is 23.5 Å². The Morgan fingerprint density at radius 1 is 1.25 bits per heavy atom. The smallest absolute Gasteiger partial charge is 0.274 e. The van der Waals surface area contributed by atoms with Crippen LogP contribution in [0.25, 0.3) is 0 Å². The van der Waals surface area contributed by atoms with Crippen molar-refractivity contribution in [3.63, 3.8) is 0 Å². The number of hydrazone groups is 1. The van der Waals surface area contributed by atoms with Crippen molar-refractivity contribution in [2.45, 2.75) is 13.0 Å². The van der Waals surface area contributed by atoms with Crippen LogP contribution in [0.4, 0.5) is 11.4 Å². The van der Waals surface area contributed by atoms with Gasteiger partial charge in [0.05, 0.1) is 31.4 Å². The highest BCUT2D eigenvalue weighted by atomic mass is 16.6. The molecule has 0 aromatic heterocycles. The fourth-order valence-electron chi connectivity index (χ4n) is 2.24. The summed E-state index contributed by atoms with van der Waals surface area (Å²) in [6, 6.07) is 8.63. The molecule has 0 aliphatic heterocycles. The van der Waals surface area contributed by atoms with Crippen molar-refractivity contribution in [1.82, 2.24) is 5.43 Å². The zero-order valence-corrected chi connectivity index (χ0v) is 15.5. The minimum absolute atomic E-state index is 0.0297. The molecule has 0 heterocycles. The molecule has 148 valence electrons. The quantitative estimate of drug-likeness (QED) is 0.358. The molecule has 0 spiro atoms. The molecular weight excluding hydrogens is 368 g/mol. The van der Waals surface area contributed by atoms with E-state index in [4.69, 9.17) is 9.47 Å². The Bertz CT molecular complexity index is 882. The van der Waals surface area contributed by atoms with Crippen molar-refractivity contribution < 1.29 is 24.3 Å². The van der Waals surface area contributed by atoms with Crippen molar-refractivity contribution in [2.24, 2.45) is 5.10 Å². The fraction of sp³-hybridized carbons (Fsp3) is 0.222. The van der Waals surface area contributed by atoms with Crippen molar-refractivity contribution in [2.75, 3.05) is 19.5 Å². The van der Waals surface area contributed by atoms with Gasteiger partial charge in [0.1, 0.15) is 11.8 Å². The number of ether oxygens (including phenoxy) is 2. The highest BCUT2D eigenvalue weighted by Crippen LogP contribution is 2.33. The number of nitrogens with one attached hydrogen (secondary N) is 2. The molecule has 1 atom stereocenters. The van der Waals surface area contributed by atoms with E-state index in [2.05, 4.69) is 15.8 Å². The Morgan fingerprint density at radius 2 is 1.93 bits per heavy atom. The van der Waals surface area contributed by atoms with Crippen molar-refractivity contribution in [3.8, 4) is 17.2 Å². The van der Waals surface area contributed by atoms with Crippen LogP contribution in [0.15, 0.2) is 41.5 Å². The molecule has 1 amide bonds. The molecule has 2 aromatic carbocycles. The highest BCUT2D eigenvalue weighted by molar-refractivity contribution is 5.89. The van der Waals surface area contributed by atoms with Crippen molar-refractivity contribution in [3.05, 3.63) is 52.1 Å². The third-order valence-corrected chi connectivity index (χ3v) is 3.76. The van der Waals surface area contributed by atoms with E-state index in [1.165, 1.54) is 7.11 Å². The molecule has 0 radical (unpaired) electrons. The maximum Gasteiger partial charge on any atom is 0.274 e. The number of aromatic hydroxyl groups is 1. The Hall–Kier alpha value is -3.82. The van der Waals surface area contributed by atoms with Gasteiger partial charge in [0.25, 0.3) is 11.6 Å². The normalized spacial score (nSPS) is 11.7. The number of hydrogen-bond donors (Lipinski definition) is 3. The first-order chi connectivity index (χ1) is 13.3. The molecule has 10 heteroatoms. The number of rotatable bonds is 8. The molecule has 0 aliphatic rings. The second-order valence-electron chi connectivity index (χ2n) is 5.67. The zero-order chi connectivity index (χ0) is 20.7. The first-order valence-corrected chi connectivity index (χ1v) is 8.14. The summed E-state index contributed by atoms with van der Waals surface area (Å²) in [6.07, 6.45) is 1.10. The molecule has 2 aromatic rings.